The molecule has 170 valence electrons. The van der Waals surface area contributed by atoms with Crippen LogP contribution >= 0.6 is 11.6 Å². The highest BCUT2D eigenvalue weighted by atomic mass is 35.5. The molecule has 0 spiro atoms. The third kappa shape index (κ3) is 8.95. The molecule has 0 saturated carbocycles. The van der Waals surface area contributed by atoms with Crippen molar-refractivity contribution in [1.82, 2.24) is 0 Å². The van der Waals surface area contributed by atoms with Crippen LogP contribution in [0.2, 0.25) is 5.02 Å². The van der Waals surface area contributed by atoms with Crippen LogP contribution in [-0.4, -0.2) is 17.2 Å². The molecule has 2 aromatic rings. The molecule has 2 aromatic carbocycles. The van der Waals surface area contributed by atoms with Gasteiger partial charge >= 0.3 is 5.97 Å². The summed E-state index contributed by atoms with van der Waals surface area (Å²) < 4.78 is 5.81. The lowest BCUT2D eigenvalue weighted by Gasteiger charge is -2.33. The minimum atomic E-state index is -0.908. The maximum absolute atomic E-state index is 11.7. The van der Waals surface area contributed by atoms with Crippen molar-refractivity contribution < 1.29 is 14.6 Å². The molecule has 0 saturated heterocycles. The van der Waals surface area contributed by atoms with Crippen LogP contribution < -0.4 is 4.74 Å². The second-order valence-corrected chi connectivity index (χ2v) is 10.8. The number of halogens is 1. The second-order valence-electron chi connectivity index (χ2n) is 10.3. The van der Waals surface area contributed by atoms with E-state index in [1.54, 1.807) is 0 Å². The number of carbonyl (C=O) groups is 1. The van der Waals surface area contributed by atoms with Crippen LogP contribution in [0.1, 0.15) is 77.8 Å². The third-order valence-corrected chi connectivity index (χ3v) is 5.76. The smallest absolute Gasteiger partial charge is 0.344 e. The molecule has 1 N–H and O–H groups in total. The zero-order valence-electron chi connectivity index (χ0n) is 19.6. The molecule has 0 bridgehead atoms. The normalized spacial score (nSPS) is 13.1. The van der Waals surface area contributed by atoms with Crippen molar-refractivity contribution in [2.45, 2.75) is 84.7 Å². The molecule has 0 aliphatic rings. The van der Waals surface area contributed by atoms with E-state index in [1.807, 2.05) is 36.4 Å². The van der Waals surface area contributed by atoms with Crippen LogP contribution in [0, 0.1) is 5.41 Å². The lowest BCUT2D eigenvalue weighted by Crippen LogP contribution is -2.27. The Morgan fingerprint density at radius 2 is 1.55 bits per heavy atom. The van der Waals surface area contributed by atoms with Gasteiger partial charge in [0.15, 0.2) is 6.10 Å². The maximum Gasteiger partial charge on any atom is 0.344 e. The number of aliphatic carboxylic acids is 1. The number of ether oxygens (including phenoxy) is 1. The number of aryl methyl sites for hydroxylation is 1. The van der Waals surface area contributed by atoms with Crippen molar-refractivity contribution in [2.24, 2.45) is 5.41 Å². The van der Waals surface area contributed by atoms with E-state index >= 15 is 0 Å². The first-order valence-corrected chi connectivity index (χ1v) is 11.6. The van der Waals surface area contributed by atoms with Crippen molar-refractivity contribution in [2.75, 3.05) is 0 Å². The van der Waals surface area contributed by atoms with Gasteiger partial charge in [0.2, 0.25) is 0 Å². The Hall–Kier alpha value is -2.00. The largest absolute Gasteiger partial charge is 0.479 e. The number of rotatable bonds is 11. The topological polar surface area (TPSA) is 46.5 Å². The van der Waals surface area contributed by atoms with Crippen LogP contribution in [-0.2, 0) is 16.6 Å². The lowest BCUT2D eigenvalue weighted by atomic mass is 9.72. The van der Waals surface area contributed by atoms with Crippen molar-refractivity contribution in [3.63, 3.8) is 0 Å². The molecule has 3 nitrogen and oxygen atoms in total. The Bertz CT molecular complexity index is 817. The van der Waals surface area contributed by atoms with Gasteiger partial charge < -0.3 is 9.84 Å². The highest BCUT2D eigenvalue weighted by molar-refractivity contribution is 6.30. The Morgan fingerprint density at radius 3 is 2.10 bits per heavy atom. The number of benzene rings is 2. The first-order valence-electron chi connectivity index (χ1n) is 11.2. The summed E-state index contributed by atoms with van der Waals surface area (Å²) in [7, 11) is 0. The number of unbranched alkanes of at least 4 members (excludes halogenated alkanes) is 2. The molecule has 0 heterocycles. The van der Waals surface area contributed by atoms with Gasteiger partial charge in [0.1, 0.15) is 5.75 Å². The molecule has 31 heavy (non-hydrogen) atoms. The van der Waals surface area contributed by atoms with Gasteiger partial charge in [0.25, 0.3) is 0 Å². The van der Waals surface area contributed by atoms with Crippen LogP contribution in [0.4, 0.5) is 0 Å². The van der Waals surface area contributed by atoms with Crippen LogP contribution in [0.5, 0.6) is 5.75 Å². The number of carboxylic acids is 1. The molecule has 0 amide bonds. The molecule has 0 aromatic heterocycles. The van der Waals surface area contributed by atoms with E-state index < -0.39 is 12.1 Å². The van der Waals surface area contributed by atoms with Crippen molar-refractivity contribution in [3.8, 4) is 5.75 Å². The van der Waals surface area contributed by atoms with Crippen LogP contribution in [0.25, 0.3) is 0 Å². The molecule has 1 atom stereocenters. The molecular weight excluding hydrogens is 408 g/mol. The summed E-state index contributed by atoms with van der Waals surface area (Å²) in [6, 6.07) is 15.8. The summed E-state index contributed by atoms with van der Waals surface area (Å²) in [5.74, 6) is -0.293. The van der Waals surface area contributed by atoms with Gasteiger partial charge in [-0.05, 0) is 78.3 Å². The summed E-state index contributed by atoms with van der Waals surface area (Å²) in [4.78, 5) is 11.7. The first kappa shape index (κ1) is 25.3. The maximum atomic E-state index is 11.7. The van der Waals surface area contributed by atoms with Crippen molar-refractivity contribution >= 4 is 17.6 Å². The average molecular weight is 445 g/mol. The van der Waals surface area contributed by atoms with E-state index in [0.29, 0.717) is 12.2 Å². The quantitative estimate of drug-likeness (QED) is 0.361. The SMILES string of the molecule is CC(C)(C)CC(C)(C)c1ccc(OC(CCCCCc2ccc(Cl)cc2)C(=O)O)cc1. The highest BCUT2D eigenvalue weighted by Gasteiger charge is 2.27. The molecule has 4 heteroatoms. The molecule has 0 radical (unpaired) electrons. The fourth-order valence-electron chi connectivity index (χ4n) is 4.30. The van der Waals surface area contributed by atoms with Crippen LogP contribution in [0.3, 0.4) is 0 Å². The van der Waals surface area contributed by atoms with E-state index in [4.69, 9.17) is 16.3 Å². The van der Waals surface area contributed by atoms with E-state index in [-0.39, 0.29) is 10.8 Å². The van der Waals surface area contributed by atoms with E-state index in [2.05, 4.69) is 46.8 Å². The van der Waals surface area contributed by atoms with Crippen molar-refractivity contribution in [1.29, 1.82) is 0 Å². The first-order chi connectivity index (χ1) is 14.5. The predicted octanol–water partition coefficient (Wildman–Crippen LogP) is 7.69. The second kappa shape index (κ2) is 11.0. The predicted molar refractivity (Wildman–Crippen MR) is 129 cm³/mol. The van der Waals surface area contributed by atoms with Gasteiger partial charge in [-0.2, -0.15) is 0 Å². The molecular formula is C27H37ClO3. The fraction of sp³-hybridized carbons (Fsp3) is 0.519. The summed E-state index contributed by atoms with van der Waals surface area (Å²) in [6.45, 7) is 11.2. The Kier molecular flexibility index (Phi) is 9.00. The average Bonchev–Trinajstić information content (AvgIpc) is 2.66. The standard InChI is InChI=1S/C27H37ClO3/c1-26(2,3)19-27(4,5)21-13-17-23(18-14-21)31-24(25(29)30)10-8-6-7-9-20-11-15-22(28)16-12-20/h11-18,24H,6-10,19H2,1-5H3,(H,29,30). The van der Waals surface area contributed by atoms with Gasteiger partial charge in [-0.3, -0.25) is 0 Å². The van der Waals surface area contributed by atoms with E-state index in [9.17, 15) is 9.90 Å². The zero-order chi connectivity index (χ0) is 23.1. The molecule has 1 unspecified atom stereocenters. The molecule has 0 aliphatic heterocycles. The minimum absolute atomic E-state index is 0.0487. The van der Waals surface area contributed by atoms with E-state index in [0.717, 1.165) is 37.1 Å². The number of hydrogen-bond donors (Lipinski definition) is 1. The summed E-state index contributed by atoms with van der Waals surface area (Å²) in [5, 5.41) is 10.3. The highest BCUT2D eigenvalue weighted by Crippen LogP contribution is 2.36. The Balaban J connectivity index is 1.84. The van der Waals surface area contributed by atoms with E-state index in [1.165, 1.54) is 11.1 Å². The number of carboxylic acid groups (broad SMARTS) is 1. The van der Waals surface area contributed by atoms with Gasteiger partial charge in [-0.1, -0.05) is 76.9 Å². The third-order valence-electron chi connectivity index (χ3n) is 5.51. The Morgan fingerprint density at radius 1 is 0.935 bits per heavy atom. The summed E-state index contributed by atoms with van der Waals surface area (Å²) in [6.07, 6.45) is 4.54. The minimum Gasteiger partial charge on any atom is -0.479 e. The van der Waals surface area contributed by atoms with Gasteiger partial charge in [-0.25, -0.2) is 4.79 Å². The fourth-order valence-corrected chi connectivity index (χ4v) is 4.42. The summed E-state index contributed by atoms with van der Waals surface area (Å²) >= 11 is 5.91. The monoisotopic (exact) mass is 444 g/mol. The van der Waals surface area contributed by atoms with Gasteiger partial charge in [0, 0.05) is 5.02 Å². The molecule has 0 aliphatic carbocycles. The zero-order valence-corrected chi connectivity index (χ0v) is 20.3. The summed E-state index contributed by atoms with van der Waals surface area (Å²) in [5.41, 5.74) is 2.78. The van der Waals surface area contributed by atoms with Crippen LogP contribution in [0.15, 0.2) is 48.5 Å². The lowest BCUT2D eigenvalue weighted by molar-refractivity contribution is -0.145. The Labute approximate surface area is 192 Å². The molecule has 2 rings (SSSR count). The molecule has 0 fully saturated rings. The number of hydrogen-bond acceptors (Lipinski definition) is 2. The van der Waals surface area contributed by atoms with Crippen molar-refractivity contribution in [3.05, 3.63) is 64.7 Å². The van der Waals surface area contributed by atoms with Gasteiger partial charge in [0.05, 0.1) is 0 Å². The van der Waals surface area contributed by atoms with Gasteiger partial charge in [-0.15, -0.1) is 0 Å².